The second-order valence-corrected chi connectivity index (χ2v) is 6.53. The smallest absolute Gasteiger partial charge is 0.325 e. The number of carbonyl (C=O) groups excluding carboxylic acids is 3. The number of rotatable bonds is 3. The van der Waals surface area contributed by atoms with Crippen LogP contribution in [0.4, 0.5) is 4.79 Å². The quantitative estimate of drug-likeness (QED) is 0.796. The monoisotopic (exact) mass is 293 g/mol. The zero-order valence-corrected chi connectivity index (χ0v) is 12.6. The predicted octanol–water partition coefficient (Wildman–Crippen LogP) is 1.25. The minimum atomic E-state index is -0.784. The third kappa shape index (κ3) is 2.51. The molecule has 0 aromatic heterocycles. The third-order valence-corrected chi connectivity index (χ3v) is 5.12. The molecule has 1 heterocycles. The summed E-state index contributed by atoms with van der Waals surface area (Å²) in [5.74, 6) is -0.276. The number of nitrogens with one attached hydrogen (secondary N) is 1. The van der Waals surface area contributed by atoms with Crippen LogP contribution in [0, 0.1) is 0 Å². The zero-order chi connectivity index (χ0) is 15.0. The lowest BCUT2D eigenvalue weighted by atomic mass is 9.88. The molecule has 2 aliphatic carbocycles. The van der Waals surface area contributed by atoms with Gasteiger partial charge in [-0.2, -0.15) is 0 Å². The normalized spacial score (nSPS) is 24.9. The summed E-state index contributed by atoms with van der Waals surface area (Å²) in [6.45, 7) is 0.0184. The van der Waals surface area contributed by atoms with Crippen LogP contribution >= 0.6 is 0 Å². The number of urea groups is 1. The Morgan fingerprint density at radius 1 is 1.24 bits per heavy atom. The molecule has 21 heavy (non-hydrogen) atoms. The summed E-state index contributed by atoms with van der Waals surface area (Å²) in [4.78, 5) is 40.0. The van der Waals surface area contributed by atoms with Crippen molar-refractivity contribution in [2.75, 3.05) is 13.6 Å². The van der Waals surface area contributed by atoms with E-state index < -0.39 is 11.6 Å². The molecular weight excluding hydrogens is 270 g/mol. The van der Waals surface area contributed by atoms with Crippen molar-refractivity contribution >= 4 is 17.8 Å². The molecule has 1 spiro atoms. The molecule has 0 aromatic carbocycles. The van der Waals surface area contributed by atoms with Crippen molar-refractivity contribution in [3.63, 3.8) is 0 Å². The maximum absolute atomic E-state index is 12.3. The van der Waals surface area contributed by atoms with Gasteiger partial charge in [-0.1, -0.05) is 25.7 Å². The highest BCUT2D eigenvalue weighted by atomic mass is 16.2. The van der Waals surface area contributed by atoms with E-state index in [9.17, 15) is 14.4 Å². The molecular formula is C15H23N3O3. The fourth-order valence-electron chi connectivity index (χ4n) is 3.54. The number of hydrogen-bond donors (Lipinski definition) is 1. The van der Waals surface area contributed by atoms with E-state index in [1.807, 2.05) is 0 Å². The average molecular weight is 293 g/mol. The van der Waals surface area contributed by atoms with Crippen molar-refractivity contribution in [3.8, 4) is 0 Å². The Balaban J connectivity index is 1.78. The number of amides is 4. The first kappa shape index (κ1) is 14.4. The second kappa shape index (κ2) is 5.31. The van der Waals surface area contributed by atoms with E-state index in [1.54, 1.807) is 11.9 Å². The molecule has 3 fully saturated rings. The van der Waals surface area contributed by atoms with Gasteiger partial charge < -0.3 is 9.80 Å². The van der Waals surface area contributed by atoms with Crippen molar-refractivity contribution in [2.24, 2.45) is 0 Å². The minimum Gasteiger partial charge on any atom is -0.341 e. The topological polar surface area (TPSA) is 69.7 Å². The summed E-state index contributed by atoms with van der Waals surface area (Å²) in [6.07, 6.45) is 7.47. The molecule has 0 aromatic rings. The molecule has 3 aliphatic rings. The van der Waals surface area contributed by atoms with Crippen molar-refractivity contribution in [1.29, 1.82) is 0 Å². The van der Waals surface area contributed by atoms with Crippen LogP contribution in [0.1, 0.15) is 51.4 Å². The Bertz CT molecular complexity index is 465. The molecule has 3 rings (SSSR count). The molecule has 1 N–H and O–H groups in total. The van der Waals surface area contributed by atoms with Crippen molar-refractivity contribution in [3.05, 3.63) is 0 Å². The van der Waals surface area contributed by atoms with Crippen LogP contribution in [0.15, 0.2) is 0 Å². The van der Waals surface area contributed by atoms with Gasteiger partial charge in [-0.25, -0.2) is 4.79 Å². The molecule has 116 valence electrons. The molecule has 1 aliphatic heterocycles. The summed E-state index contributed by atoms with van der Waals surface area (Å²) in [5.41, 5.74) is -0.784. The van der Waals surface area contributed by atoms with Gasteiger partial charge in [0, 0.05) is 13.1 Å². The maximum atomic E-state index is 12.3. The van der Waals surface area contributed by atoms with E-state index in [4.69, 9.17) is 0 Å². The molecule has 1 saturated heterocycles. The molecule has 0 bridgehead atoms. The highest BCUT2D eigenvalue weighted by molar-refractivity contribution is 6.08. The second-order valence-electron chi connectivity index (χ2n) is 6.53. The predicted molar refractivity (Wildman–Crippen MR) is 76.5 cm³/mol. The summed E-state index contributed by atoms with van der Waals surface area (Å²) in [5, 5.41) is 2.42. The van der Waals surface area contributed by atoms with E-state index in [-0.39, 0.29) is 18.4 Å². The molecule has 0 unspecified atom stereocenters. The number of nitrogens with zero attached hydrogens (tertiary/aromatic N) is 2. The number of likely N-dealkylation sites (N-methyl/N-ethyl adjacent to an activating group) is 1. The van der Waals surface area contributed by atoms with Crippen LogP contribution in [0.3, 0.4) is 0 Å². The average Bonchev–Trinajstić information content (AvgIpc) is 3.26. The minimum absolute atomic E-state index is 0.0184. The maximum Gasteiger partial charge on any atom is 0.325 e. The van der Waals surface area contributed by atoms with Gasteiger partial charge in [-0.05, 0) is 25.7 Å². The number of imide groups is 1. The van der Waals surface area contributed by atoms with Crippen LogP contribution in [-0.2, 0) is 9.59 Å². The zero-order valence-electron chi connectivity index (χ0n) is 12.6. The molecule has 2 saturated carbocycles. The van der Waals surface area contributed by atoms with Crippen molar-refractivity contribution in [2.45, 2.75) is 62.9 Å². The third-order valence-electron chi connectivity index (χ3n) is 5.12. The van der Waals surface area contributed by atoms with Gasteiger partial charge in [-0.15, -0.1) is 0 Å². The fraction of sp³-hybridized carbons (Fsp3) is 0.800. The van der Waals surface area contributed by atoms with Gasteiger partial charge in [-0.3, -0.25) is 14.9 Å². The van der Waals surface area contributed by atoms with E-state index >= 15 is 0 Å². The van der Waals surface area contributed by atoms with Gasteiger partial charge in [0.15, 0.2) is 0 Å². The lowest BCUT2D eigenvalue weighted by Gasteiger charge is -2.35. The molecule has 6 nitrogen and oxygen atoms in total. The van der Waals surface area contributed by atoms with Crippen LogP contribution in [0.25, 0.3) is 0 Å². The first-order valence-electron chi connectivity index (χ1n) is 7.93. The summed E-state index contributed by atoms with van der Waals surface area (Å²) < 4.78 is 0. The Morgan fingerprint density at radius 3 is 2.43 bits per heavy atom. The van der Waals surface area contributed by atoms with Crippen LogP contribution in [-0.4, -0.2) is 52.8 Å². The first-order chi connectivity index (χ1) is 10.0. The largest absolute Gasteiger partial charge is 0.341 e. The fourth-order valence-corrected chi connectivity index (χ4v) is 3.54. The Kier molecular flexibility index (Phi) is 3.63. The lowest BCUT2D eigenvalue weighted by Crippen LogP contribution is -2.53. The highest BCUT2D eigenvalue weighted by Crippen LogP contribution is 2.36. The number of hydrogen-bond acceptors (Lipinski definition) is 3. The van der Waals surface area contributed by atoms with E-state index in [0.29, 0.717) is 18.9 Å². The van der Waals surface area contributed by atoms with E-state index in [0.717, 1.165) is 38.5 Å². The Labute approximate surface area is 124 Å². The van der Waals surface area contributed by atoms with Crippen LogP contribution < -0.4 is 5.32 Å². The molecule has 0 radical (unpaired) electrons. The van der Waals surface area contributed by atoms with Crippen LogP contribution in [0.5, 0.6) is 0 Å². The lowest BCUT2D eigenvalue weighted by molar-refractivity contribution is -0.134. The van der Waals surface area contributed by atoms with Crippen molar-refractivity contribution in [1.82, 2.24) is 15.1 Å². The Morgan fingerprint density at radius 2 is 1.86 bits per heavy atom. The highest BCUT2D eigenvalue weighted by Gasteiger charge is 2.53. The first-order valence-corrected chi connectivity index (χ1v) is 7.93. The van der Waals surface area contributed by atoms with E-state index in [1.165, 1.54) is 4.90 Å². The summed E-state index contributed by atoms with van der Waals surface area (Å²) >= 11 is 0. The van der Waals surface area contributed by atoms with Gasteiger partial charge in [0.05, 0.1) is 0 Å². The number of carbonyl (C=O) groups is 3. The van der Waals surface area contributed by atoms with Crippen LogP contribution in [0.2, 0.25) is 0 Å². The molecule has 6 heteroatoms. The summed E-state index contributed by atoms with van der Waals surface area (Å²) in [7, 11) is 1.79. The van der Waals surface area contributed by atoms with Gasteiger partial charge in [0.2, 0.25) is 5.91 Å². The standard InChI is InChI=1S/C15H23N3O3/c1-17(11-6-7-11)12(19)10-18-14(21)16-13(20)15(18)8-4-2-3-5-9-15/h11H,2-10H2,1H3,(H,16,20,21). The molecule has 4 amide bonds. The molecule has 0 atom stereocenters. The van der Waals surface area contributed by atoms with E-state index in [2.05, 4.69) is 5.32 Å². The SMILES string of the molecule is CN(C(=O)CN1C(=O)NC(=O)C12CCCCCC2)C1CC1. The summed E-state index contributed by atoms with van der Waals surface area (Å²) in [6, 6.07) is -0.0802. The van der Waals surface area contributed by atoms with Gasteiger partial charge in [0.1, 0.15) is 12.1 Å². The Hall–Kier alpha value is -1.59. The van der Waals surface area contributed by atoms with Gasteiger partial charge in [0.25, 0.3) is 5.91 Å². The van der Waals surface area contributed by atoms with Gasteiger partial charge >= 0.3 is 6.03 Å². The van der Waals surface area contributed by atoms with Crippen molar-refractivity contribution < 1.29 is 14.4 Å².